The Morgan fingerprint density at radius 2 is 1.75 bits per heavy atom. The Balaban J connectivity index is 1.55. The Labute approximate surface area is 165 Å². The highest BCUT2D eigenvalue weighted by molar-refractivity contribution is 6.63. The third kappa shape index (κ3) is 4.21. The maximum atomic E-state index is 13.9. The van der Waals surface area contributed by atoms with Crippen molar-refractivity contribution in [2.24, 2.45) is 4.99 Å². The molecule has 28 heavy (non-hydrogen) atoms. The minimum Gasteiger partial charge on any atom is -0.404 e. The molecule has 0 aliphatic carbocycles. The fraction of sp³-hybridized carbons (Fsp3) is 0.174. The standard InChI is InChI=1S/C23H21BFNO2/c1-17(18-8-4-2-5-9-18)26-15-20-14-21(25)12-13-22(20)24-27-16-23(28-24)19-10-6-3-7-11-19/h2-15,17,23H,16H2,1H3/t17?,23-/m1/s1. The molecule has 4 rings (SSSR count). The van der Waals surface area contributed by atoms with Gasteiger partial charge in [0.15, 0.2) is 0 Å². The van der Waals surface area contributed by atoms with E-state index < -0.39 is 7.12 Å². The van der Waals surface area contributed by atoms with Gasteiger partial charge in [-0.25, -0.2) is 4.39 Å². The molecule has 1 unspecified atom stereocenters. The number of benzene rings is 3. The van der Waals surface area contributed by atoms with Crippen molar-refractivity contribution in [3.05, 3.63) is 101 Å². The summed E-state index contributed by atoms with van der Waals surface area (Å²) in [5, 5.41) is 0. The lowest BCUT2D eigenvalue weighted by Crippen LogP contribution is -2.35. The van der Waals surface area contributed by atoms with Gasteiger partial charge >= 0.3 is 7.12 Å². The van der Waals surface area contributed by atoms with E-state index in [-0.39, 0.29) is 18.0 Å². The van der Waals surface area contributed by atoms with Gasteiger partial charge in [-0.2, -0.15) is 0 Å². The van der Waals surface area contributed by atoms with Crippen LogP contribution in [0.5, 0.6) is 0 Å². The number of hydrogen-bond acceptors (Lipinski definition) is 3. The molecular formula is C23H21BFNO2. The minimum absolute atomic E-state index is 0.0280. The highest BCUT2D eigenvalue weighted by Crippen LogP contribution is 2.25. The van der Waals surface area contributed by atoms with Crippen molar-refractivity contribution in [2.75, 3.05) is 6.61 Å². The zero-order valence-corrected chi connectivity index (χ0v) is 15.7. The third-order valence-electron chi connectivity index (χ3n) is 4.88. The van der Waals surface area contributed by atoms with E-state index in [1.165, 1.54) is 12.1 Å². The lowest BCUT2D eigenvalue weighted by Gasteiger charge is -2.12. The van der Waals surface area contributed by atoms with Crippen molar-refractivity contribution in [1.82, 2.24) is 0 Å². The van der Waals surface area contributed by atoms with Crippen molar-refractivity contribution in [3.8, 4) is 0 Å². The normalized spacial score (nSPS) is 17.9. The summed E-state index contributed by atoms with van der Waals surface area (Å²) in [7, 11) is -0.542. The second-order valence-electron chi connectivity index (χ2n) is 6.84. The average molecular weight is 373 g/mol. The fourth-order valence-corrected chi connectivity index (χ4v) is 3.29. The van der Waals surface area contributed by atoms with Crippen LogP contribution in [-0.4, -0.2) is 19.9 Å². The molecule has 1 saturated heterocycles. The van der Waals surface area contributed by atoms with Gasteiger partial charge in [-0.3, -0.25) is 4.99 Å². The van der Waals surface area contributed by atoms with E-state index in [4.69, 9.17) is 9.31 Å². The zero-order valence-electron chi connectivity index (χ0n) is 15.7. The van der Waals surface area contributed by atoms with E-state index in [1.807, 2.05) is 67.6 Å². The van der Waals surface area contributed by atoms with Crippen molar-refractivity contribution in [2.45, 2.75) is 19.1 Å². The third-order valence-corrected chi connectivity index (χ3v) is 4.88. The van der Waals surface area contributed by atoms with Crippen LogP contribution in [0.3, 0.4) is 0 Å². The molecule has 0 aromatic heterocycles. The predicted octanol–water partition coefficient (Wildman–Crippen LogP) is 4.49. The van der Waals surface area contributed by atoms with Crippen LogP contribution in [0.1, 0.15) is 35.8 Å². The molecule has 1 heterocycles. The van der Waals surface area contributed by atoms with Crippen molar-refractivity contribution >= 4 is 18.8 Å². The Kier molecular flexibility index (Phi) is 5.65. The van der Waals surface area contributed by atoms with Gasteiger partial charge in [-0.15, -0.1) is 0 Å². The average Bonchev–Trinajstić information content (AvgIpc) is 3.23. The van der Waals surface area contributed by atoms with Crippen molar-refractivity contribution in [1.29, 1.82) is 0 Å². The molecule has 3 aromatic rings. The van der Waals surface area contributed by atoms with Crippen LogP contribution < -0.4 is 5.46 Å². The van der Waals surface area contributed by atoms with Gasteiger partial charge in [-0.05, 0) is 41.2 Å². The summed E-state index contributed by atoms with van der Waals surface area (Å²) < 4.78 is 25.9. The van der Waals surface area contributed by atoms with Crippen LogP contribution in [-0.2, 0) is 9.31 Å². The number of halogens is 1. The molecule has 0 saturated carbocycles. The number of aliphatic imine (C=N–C) groups is 1. The Bertz CT molecular complexity index is 949. The van der Waals surface area contributed by atoms with Gasteiger partial charge in [0.05, 0.1) is 18.8 Å². The molecule has 3 nitrogen and oxygen atoms in total. The van der Waals surface area contributed by atoms with E-state index in [2.05, 4.69) is 4.99 Å². The monoisotopic (exact) mass is 373 g/mol. The van der Waals surface area contributed by atoms with E-state index in [0.29, 0.717) is 12.2 Å². The SMILES string of the molecule is CC(N=Cc1cc(F)ccc1B1OC[C@H](c2ccccc2)O1)c1ccccc1. The molecule has 5 heteroatoms. The largest absolute Gasteiger partial charge is 0.495 e. The summed E-state index contributed by atoms with van der Waals surface area (Å²) in [5.74, 6) is -0.310. The first kappa shape index (κ1) is 18.6. The number of rotatable bonds is 5. The molecule has 1 aliphatic rings. The van der Waals surface area contributed by atoms with E-state index in [1.54, 1.807) is 12.3 Å². The predicted molar refractivity (Wildman–Crippen MR) is 110 cm³/mol. The second-order valence-corrected chi connectivity index (χ2v) is 6.84. The summed E-state index contributed by atoms with van der Waals surface area (Å²) in [6.45, 7) is 2.47. The van der Waals surface area contributed by atoms with Gasteiger partial charge in [0, 0.05) is 6.21 Å². The summed E-state index contributed by atoms with van der Waals surface area (Å²) in [4.78, 5) is 4.61. The van der Waals surface area contributed by atoms with Gasteiger partial charge < -0.3 is 9.31 Å². The van der Waals surface area contributed by atoms with Crippen LogP contribution in [0.2, 0.25) is 0 Å². The molecule has 2 atom stereocenters. The van der Waals surface area contributed by atoms with E-state index in [0.717, 1.165) is 16.6 Å². The summed E-state index contributed by atoms with van der Waals surface area (Å²) in [5.41, 5.74) is 3.62. The van der Waals surface area contributed by atoms with Crippen LogP contribution in [0.4, 0.5) is 4.39 Å². The summed E-state index contributed by atoms with van der Waals surface area (Å²) in [6, 6.07) is 24.6. The number of hydrogen-bond donors (Lipinski definition) is 0. The van der Waals surface area contributed by atoms with Crippen molar-refractivity contribution in [3.63, 3.8) is 0 Å². The van der Waals surface area contributed by atoms with Crippen LogP contribution >= 0.6 is 0 Å². The Morgan fingerprint density at radius 1 is 1.04 bits per heavy atom. The summed E-state index contributed by atoms with van der Waals surface area (Å²) in [6.07, 6.45) is 1.57. The second kappa shape index (κ2) is 8.51. The smallest absolute Gasteiger partial charge is 0.404 e. The molecule has 140 valence electrons. The highest BCUT2D eigenvalue weighted by atomic mass is 19.1. The van der Waals surface area contributed by atoms with Gasteiger partial charge in [0.2, 0.25) is 0 Å². The quantitative estimate of drug-likeness (QED) is 0.488. The maximum Gasteiger partial charge on any atom is 0.495 e. The molecule has 0 radical (unpaired) electrons. The molecule has 0 spiro atoms. The first-order valence-electron chi connectivity index (χ1n) is 9.40. The highest BCUT2D eigenvalue weighted by Gasteiger charge is 2.35. The fourth-order valence-electron chi connectivity index (χ4n) is 3.29. The Hall–Kier alpha value is -2.76. The molecule has 1 fully saturated rings. The van der Waals surface area contributed by atoms with Gasteiger partial charge in [0.25, 0.3) is 0 Å². The first-order valence-corrected chi connectivity index (χ1v) is 9.40. The van der Waals surface area contributed by atoms with Crippen molar-refractivity contribution < 1.29 is 13.7 Å². The summed E-state index contributed by atoms with van der Waals surface area (Å²) >= 11 is 0. The molecule has 0 bridgehead atoms. The maximum absolute atomic E-state index is 13.9. The van der Waals surface area contributed by atoms with Crippen LogP contribution in [0, 0.1) is 5.82 Å². The number of nitrogens with zero attached hydrogens (tertiary/aromatic N) is 1. The van der Waals surface area contributed by atoms with Gasteiger partial charge in [0.1, 0.15) is 5.82 Å². The Morgan fingerprint density at radius 3 is 2.50 bits per heavy atom. The molecule has 0 amide bonds. The van der Waals surface area contributed by atoms with Crippen LogP contribution in [0.15, 0.2) is 83.9 Å². The lowest BCUT2D eigenvalue weighted by molar-refractivity contribution is 0.241. The zero-order chi connectivity index (χ0) is 19.3. The molecule has 0 N–H and O–H groups in total. The van der Waals surface area contributed by atoms with E-state index in [9.17, 15) is 4.39 Å². The topological polar surface area (TPSA) is 30.8 Å². The van der Waals surface area contributed by atoms with Crippen LogP contribution in [0.25, 0.3) is 0 Å². The van der Waals surface area contributed by atoms with E-state index >= 15 is 0 Å². The minimum atomic E-state index is -0.542. The molecular weight excluding hydrogens is 352 g/mol. The molecule has 1 aliphatic heterocycles. The lowest BCUT2D eigenvalue weighted by atomic mass is 9.76. The molecule has 3 aromatic carbocycles. The van der Waals surface area contributed by atoms with Gasteiger partial charge in [-0.1, -0.05) is 66.7 Å². The first-order chi connectivity index (χ1) is 13.7.